The third kappa shape index (κ3) is 4.04. The SMILES string of the molecule is O=C(CC1CN(c2cc(-c3c[nH]c(=O)[nH]c3=O)nn3ccnc23)CC1(F)F)NC1(C(F)(F)F)CC1. The molecule has 0 bridgehead atoms. The Morgan fingerprint density at radius 2 is 2.00 bits per heavy atom. The normalized spacial score (nSPS) is 20.8. The summed E-state index contributed by atoms with van der Waals surface area (Å²) in [5, 5.41) is 6.11. The monoisotopic (exact) mass is 499 g/mol. The van der Waals surface area contributed by atoms with Crippen LogP contribution in [0.25, 0.3) is 16.9 Å². The first-order valence-electron chi connectivity index (χ1n) is 10.6. The van der Waals surface area contributed by atoms with Crippen LogP contribution in [-0.4, -0.2) is 61.2 Å². The van der Waals surface area contributed by atoms with Crippen molar-refractivity contribution in [3.05, 3.63) is 45.5 Å². The van der Waals surface area contributed by atoms with E-state index in [2.05, 4.69) is 20.1 Å². The maximum atomic E-state index is 14.9. The molecular weight excluding hydrogens is 481 g/mol. The molecule has 1 aliphatic carbocycles. The molecule has 15 heteroatoms. The van der Waals surface area contributed by atoms with Crippen molar-refractivity contribution in [2.24, 2.45) is 5.92 Å². The maximum absolute atomic E-state index is 14.9. The van der Waals surface area contributed by atoms with E-state index >= 15 is 0 Å². The number of imidazole rings is 1. The second kappa shape index (κ2) is 7.61. The van der Waals surface area contributed by atoms with E-state index in [0.717, 1.165) is 6.20 Å². The van der Waals surface area contributed by atoms with E-state index in [1.54, 1.807) is 0 Å². The van der Waals surface area contributed by atoms with Crippen molar-refractivity contribution >= 4 is 17.2 Å². The van der Waals surface area contributed by atoms with E-state index < -0.39 is 53.7 Å². The van der Waals surface area contributed by atoms with Gasteiger partial charge in [-0.15, -0.1) is 0 Å². The molecule has 5 rings (SSSR count). The lowest BCUT2D eigenvalue weighted by Gasteiger charge is -2.23. The minimum Gasteiger partial charge on any atom is -0.362 e. The van der Waals surface area contributed by atoms with Crippen molar-refractivity contribution < 1.29 is 26.7 Å². The number of hydrogen-bond acceptors (Lipinski definition) is 6. The molecule has 1 aliphatic heterocycles. The molecule has 1 saturated heterocycles. The highest BCUT2D eigenvalue weighted by atomic mass is 19.4. The fraction of sp³-hybridized carbons (Fsp3) is 0.450. The van der Waals surface area contributed by atoms with Gasteiger partial charge in [0, 0.05) is 31.6 Å². The lowest BCUT2D eigenvalue weighted by Crippen LogP contribution is -2.48. The molecule has 1 amide bonds. The average molecular weight is 499 g/mol. The number of hydrogen-bond donors (Lipinski definition) is 3. The van der Waals surface area contributed by atoms with Crippen LogP contribution < -0.4 is 21.5 Å². The molecule has 1 atom stereocenters. The molecule has 2 aliphatic rings. The zero-order valence-electron chi connectivity index (χ0n) is 17.8. The predicted molar refractivity (Wildman–Crippen MR) is 111 cm³/mol. The van der Waals surface area contributed by atoms with E-state index in [1.807, 2.05) is 5.32 Å². The first kappa shape index (κ1) is 23.0. The van der Waals surface area contributed by atoms with Crippen molar-refractivity contribution in [2.45, 2.75) is 36.9 Å². The largest absolute Gasteiger partial charge is 0.411 e. The number of aromatic amines is 2. The van der Waals surface area contributed by atoms with Crippen LogP contribution in [0.5, 0.6) is 0 Å². The fourth-order valence-corrected chi connectivity index (χ4v) is 4.26. The molecule has 2 fully saturated rings. The molecule has 3 N–H and O–H groups in total. The average Bonchev–Trinajstić information content (AvgIpc) is 3.28. The maximum Gasteiger partial charge on any atom is 0.411 e. The van der Waals surface area contributed by atoms with Gasteiger partial charge in [-0.25, -0.2) is 23.1 Å². The first-order chi connectivity index (χ1) is 16.4. The van der Waals surface area contributed by atoms with Crippen molar-refractivity contribution in [2.75, 3.05) is 18.0 Å². The van der Waals surface area contributed by atoms with Gasteiger partial charge in [0.05, 0.1) is 23.7 Å². The molecule has 1 unspecified atom stereocenters. The Morgan fingerprint density at radius 3 is 2.66 bits per heavy atom. The van der Waals surface area contributed by atoms with E-state index in [4.69, 9.17) is 0 Å². The number of halogens is 5. The number of nitrogens with one attached hydrogen (secondary N) is 3. The van der Waals surface area contributed by atoms with Crippen LogP contribution in [0.15, 0.2) is 34.2 Å². The molecule has 0 radical (unpaired) electrons. The molecule has 3 aromatic rings. The van der Waals surface area contributed by atoms with Crippen molar-refractivity contribution in [1.29, 1.82) is 0 Å². The highest BCUT2D eigenvalue weighted by molar-refractivity contribution is 5.79. The summed E-state index contributed by atoms with van der Waals surface area (Å²) in [4.78, 5) is 45.5. The van der Waals surface area contributed by atoms with Gasteiger partial charge in [-0.05, 0) is 18.9 Å². The van der Waals surface area contributed by atoms with Crippen LogP contribution in [0, 0.1) is 5.92 Å². The number of fused-ring (bicyclic) bond motifs is 1. The molecule has 4 heterocycles. The Labute approximate surface area is 192 Å². The summed E-state index contributed by atoms with van der Waals surface area (Å²) in [6, 6.07) is 1.35. The topological polar surface area (TPSA) is 128 Å². The number of carbonyl (C=O) groups is 1. The van der Waals surface area contributed by atoms with Crippen LogP contribution in [0.4, 0.5) is 27.6 Å². The van der Waals surface area contributed by atoms with Gasteiger partial charge in [0.1, 0.15) is 11.2 Å². The minimum absolute atomic E-state index is 0.0229. The van der Waals surface area contributed by atoms with Gasteiger partial charge in [0.25, 0.3) is 11.5 Å². The number of carbonyl (C=O) groups excluding carboxylic acids is 1. The predicted octanol–water partition coefficient (Wildman–Crippen LogP) is 1.45. The lowest BCUT2D eigenvalue weighted by atomic mass is 10.0. The first-order valence-corrected chi connectivity index (χ1v) is 10.6. The molecule has 0 aromatic carbocycles. The fourth-order valence-electron chi connectivity index (χ4n) is 4.26. The van der Waals surface area contributed by atoms with Crippen LogP contribution in [0.2, 0.25) is 0 Å². The third-order valence-electron chi connectivity index (χ3n) is 6.32. The van der Waals surface area contributed by atoms with Gasteiger partial charge >= 0.3 is 11.9 Å². The van der Waals surface area contributed by atoms with E-state index in [-0.39, 0.29) is 42.0 Å². The molecular formula is C20H18F5N7O3. The standard InChI is InChI=1S/C20H18F5N7O3/c21-19(22)9-31(8-10(19)5-14(33)29-18(1-2-18)20(23,24)25)13-6-12(30-32-4-3-26-15(13)32)11-7-27-17(35)28-16(11)34/h3-4,6-7,10H,1-2,5,8-9H2,(H,29,33)(H2,27,28,34,35). The summed E-state index contributed by atoms with van der Waals surface area (Å²) < 4.78 is 70.4. The number of amides is 1. The van der Waals surface area contributed by atoms with Crippen molar-refractivity contribution in [3.8, 4) is 11.3 Å². The summed E-state index contributed by atoms with van der Waals surface area (Å²) in [7, 11) is 0. The van der Waals surface area contributed by atoms with Crippen LogP contribution >= 0.6 is 0 Å². The zero-order chi connectivity index (χ0) is 25.2. The number of nitrogens with zero attached hydrogens (tertiary/aromatic N) is 4. The summed E-state index contributed by atoms with van der Waals surface area (Å²) >= 11 is 0. The Balaban J connectivity index is 1.43. The minimum atomic E-state index is -4.65. The highest BCUT2D eigenvalue weighted by Crippen LogP contribution is 2.49. The Kier molecular flexibility index (Phi) is 5.00. The van der Waals surface area contributed by atoms with Gasteiger partial charge in [-0.2, -0.15) is 18.3 Å². The van der Waals surface area contributed by atoms with Gasteiger partial charge in [0.2, 0.25) is 5.91 Å². The third-order valence-corrected chi connectivity index (χ3v) is 6.32. The van der Waals surface area contributed by atoms with Gasteiger partial charge in [-0.3, -0.25) is 14.6 Å². The Morgan fingerprint density at radius 1 is 1.26 bits per heavy atom. The number of alkyl halides is 5. The van der Waals surface area contributed by atoms with E-state index in [9.17, 15) is 36.3 Å². The van der Waals surface area contributed by atoms with E-state index in [0.29, 0.717) is 0 Å². The van der Waals surface area contributed by atoms with Gasteiger partial charge < -0.3 is 15.2 Å². The smallest absolute Gasteiger partial charge is 0.362 e. The van der Waals surface area contributed by atoms with Gasteiger partial charge in [0.15, 0.2) is 5.65 Å². The molecule has 1 saturated carbocycles. The number of H-pyrrole nitrogens is 2. The van der Waals surface area contributed by atoms with Crippen LogP contribution in [-0.2, 0) is 4.79 Å². The summed E-state index contributed by atoms with van der Waals surface area (Å²) in [6.45, 7) is -1.16. The van der Waals surface area contributed by atoms with Gasteiger partial charge in [-0.1, -0.05) is 0 Å². The lowest BCUT2D eigenvalue weighted by molar-refractivity contribution is -0.171. The molecule has 0 spiro atoms. The zero-order valence-corrected chi connectivity index (χ0v) is 17.8. The number of aromatic nitrogens is 5. The van der Waals surface area contributed by atoms with Crippen molar-refractivity contribution in [3.63, 3.8) is 0 Å². The molecule has 35 heavy (non-hydrogen) atoms. The Hall–Kier alpha value is -3.78. The molecule has 186 valence electrons. The summed E-state index contributed by atoms with van der Waals surface area (Å²) in [6.07, 6.45) is -2.05. The quantitative estimate of drug-likeness (QED) is 0.456. The Bertz CT molecular complexity index is 1420. The number of rotatable bonds is 5. The molecule has 10 nitrogen and oxygen atoms in total. The summed E-state index contributed by atoms with van der Waals surface area (Å²) in [5.41, 5.74) is -3.39. The van der Waals surface area contributed by atoms with Crippen molar-refractivity contribution in [1.82, 2.24) is 29.9 Å². The van der Waals surface area contributed by atoms with Crippen LogP contribution in [0.1, 0.15) is 19.3 Å². The molecule has 3 aromatic heterocycles. The number of anilines is 1. The second-order valence-electron chi connectivity index (χ2n) is 8.77. The second-order valence-corrected chi connectivity index (χ2v) is 8.77. The van der Waals surface area contributed by atoms with Crippen LogP contribution in [0.3, 0.4) is 0 Å². The summed E-state index contributed by atoms with van der Waals surface area (Å²) in [5.74, 6) is -6.02. The van der Waals surface area contributed by atoms with E-state index in [1.165, 1.54) is 27.9 Å². The highest BCUT2D eigenvalue weighted by Gasteiger charge is 2.64.